The Labute approximate surface area is 108 Å². The molecular weight excluding hydrogens is 228 g/mol. The van der Waals surface area contributed by atoms with Gasteiger partial charge in [0.2, 0.25) is 0 Å². The predicted octanol–water partition coefficient (Wildman–Crippen LogP) is 1.04. The average Bonchev–Trinajstić information content (AvgIpc) is 2.36. The fourth-order valence-electron chi connectivity index (χ4n) is 1.27. The lowest BCUT2D eigenvalue weighted by molar-refractivity contribution is 0.0919. The third-order valence-corrected chi connectivity index (χ3v) is 3.21. The number of carbonyl (C=O) groups excluding carboxylic acids is 1. The van der Waals surface area contributed by atoms with E-state index in [1.165, 1.54) is 0 Å². The van der Waals surface area contributed by atoms with E-state index < -0.39 is 0 Å². The number of hydrogen-bond donors (Lipinski definition) is 3. The maximum absolute atomic E-state index is 11.9. The van der Waals surface area contributed by atoms with Crippen molar-refractivity contribution in [2.45, 2.75) is 19.4 Å². The van der Waals surface area contributed by atoms with Gasteiger partial charge in [0.1, 0.15) is 0 Å². The first-order valence-electron chi connectivity index (χ1n) is 5.89. The number of nitrogens with zero attached hydrogens (tertiary/aromatic N) is 1. The molecule has 1 aromatic rings. The van der Waals surface area contributed by atoms with Crippen LogP contribution in [0.15, 0.2) is 24.3 Å². The van der Waals surface area contributed by atoms with E-state index in [0.717, 1.165) is 5.69 Å². The molecule has 0 spiro atoms. The summed E-state index contributed by atoms with van der Waals surface area (Å²) in [4.78, 5) is 14.0. The Morgan fingerprint density at radius 3 is 2.28 bits per heavy atom. The lowest BCUT2D eigenvalue weighted by Crippen LogP contribution is -2.48. The second-order valence-corrected chi connectivity index (χ2v) is 5.11. The summed E-state index contributed by atoms with van der Waals surface area (Å²) in [5.74, 6) is 5.19. The molecule has 5 heteroatoms. The number of nitrogens with one attached hydrogen (secondary N) is 2. The topological polar surface area (TPSA) is 70.4 Å². The summed E-state index contributed by atoms with van der Waals surface area (Å²) in [5, 5.41) is 2.93. The first-order valence-corrected chi connectivity index (χ1v) is 5.89. The van der Waals surface area contributed by atoms with Crippen LogP contribution in [-0.2, 0) is 0 Å². The molecule has 0 unspecified atom stereocenters. The van der Waals surface area contributed by atoms with E-state index in [0.29, 0.717) is 12.1 Å². The fraction of sp³-hybridized carbons (Fsp3) is 0.462. The minimum absolute atomic E-state index is 0.0750. The molecule has 1 aromatic carbocycles. The number of hydrazine groups is 1. The first-order chi connectivity index (χ1) is 8.36. The molecule has 0 aliphatic carbocycles. The van der Waals surface area contributed by atoms with E-state index in [-0.39, 0.29) is 11.4 Å². The van der Waals surface area contributed by atoms with Crippen LogP contribution in [0.25, 0.3) is 0 Å². The molecule has 0 bridgehead atoms. The van der Waals surface area contributed by atoms with Gasteiger partial charge in [0.05, 0.1) is 0 Å². The highest BCUT2D eigenvalue weighted by Gasteiger charge is 2.21. The van der Waals surface area contributed by atoms with Crippen molar-refractivity contribution < 1.29 is 4.79 Å². The molecule has 0 saturated carbocycles. The van der Waals surface area contributed by atoms with E-state index >= 15 is 0 Å². The van der Waals surface area contributed by atoms with Crippen LogP contribution in [0.3, 0.4) is 0 Å². The number of rotatable bonds is 5. The number of anilines is 1. The normalized spacial score (nSPS) is 11.4. The van der Waals surface area contributed by atoms with Crippen molar-refractivity contribution in [1.29, 1.82) is 0 Å². The lowest BCUT2D eigenvalue weighted by Gasteiger charge is -2.32. The minimum atomic E-state index is -0.0755. The molecule has 0 aliphatic rings. The van der Waals surface area contributed by atoms with Gasteiger partial charge in [-0.1, -0.05) is 0 Å². The third-order valence-electron chi connectivity index (χ3n) is 3.21. The van der Waals surface area contributed by atoms with Gasteiger partial charge in [-0.3, -0.25) is 10.6 Å². The van der Waals surface area contributed by atoms with Gasteiger partial charge in [0.15, 0.2) is 0 Å². The minimum Gasteiger partial charge on any atom is -0.350 e. The number of nitrogens with two attached hydrogens (primary N) is 1. The van der Waals surface area contributed by atoms with Gasteiger partial charge in [-0.25, -0.2) is 0 Å². The lowest BCUT2D eigenvalue weighted by atomic mass is 10.0. The Morgan fingerprint density at radius 2 is 1.83 bits per heavy atom. The molecule has 0 saturated heterocycles. The van der Waals surface area contributed by atoms with Gasteiger partial charge < -0.3 is 15.6 Å². The molecule has 4 N–H and O–H groups in total. The summed E-state index contributed by atoms with van der Waals surface area (Å²) in [6.45, 7) is 4.75. The van der Waals surface area contributed by atoms with Gasteiger partial charge >= 0.3 is 0 Å². The number of hydrogen-bond acceptors (Lipinski definition) is 4. The molecule has 5 nitrogen and oxygen atoms in total. The highest BCUT2D eigenvalue weighted by molar-refractivity contribution is 5.94. The molecule has 0 radical (unpaired) electrons. The first kappa shape index (κ1) is 14.5. The number of likely N-dealkylation sites (N-methyl/N-ethyl adjacent to an activating group) is 1. The van der Waals surface area contributed by atoms with Crippen molar-refractivity contribution in [2.75, 3.05) is 26.1 Å². The van der Waals surface area contributed by atoms with Gasteiger partial charge in [-0.15, -0.1) is 0 Å². The molecule has 0 atom stereocenters. The zero-order valence-electron chi connectivity index (χ0n) is 11.4. The largest absolute Gasteiger partial charge is 0.350 e. The molecule has 0 aromatic heterocycles. The third kappa shape index (κ3) is 3.72. The molecule has 18 heavy (non-hydrogen) atoms. The smallest absolute Gasteiger partial charge is 0.251 e. The van der Waals surface area contributed by atoms with Crippen molar-refractivity contribution in [3.63, 3.8) is 0 Å². The van der Waals surface area contributed by atoms with Gasteiger partial charge in [0, 0.05) is 23.3 Å². The fourth-order valence-corrected chi connectivity index (χ4v) is 1.27. The van der Waals surface area contributed by atoms with Crippen molar-refractivity contribution in [2.24, 2.45) is 5.84 Å². The molecule has 1 amide bonds. The van der Waals surface area contributed by atoms with E-state index in [4.69, 9.17) is 5.84 Å². The van der Waals surface area contributed by atoms with Crippen LogP contribution in [0.1, 0.15) is 24.2 Å². The van der Waals surface area contributed by atoms with Crippen LogP contribution in [0.4, 0.5) is 5.69 Å². The van der Waals surface area contributed by atoms with Gasteiger partial charge in [0.25, 0.3) is 5.91 Å². The second kappa shape index (κ2) is 5.84. The summed E-state index contributed by atoms with van der Waals surface area (Å²) in [7, 11) is 3.99. The molecular formula is C13H22N4O. The average molecular weight is 250 g/mol. The SMILES string of the molecule is CN(C)C(C)(C)CNC(=O)c1ccc(NN)cc1. The van der Waals surface area contributed by atoms with E-state index in [9.17, 15) is 4.79 Å². The predicted molar refractivity (Wildman–Crippen MR) is 74.4 cm³/mol. The Hall–Kier alpha value is -1.59. The van der Waals surface area contributed by atoms with Crippen LogP contribution in [0, 0.1) is 0 Å². The Kier molecular flexibility index (Phi) is 4.69. The van der Waals surface area contributed by atoms with Gasteiger partial charge in [-0.05, 0) is 52.2 Å². The number of carbonyl (C=O) groups is 1. The summed E-state index contributed by atoms with van der Waals surface area (Å²) >= 11 is 0. The maximum atomic E-state index is 11.9. The summed E-state index contributed by atoms with van der Waals surface area (Å²) in [5.41, 5.74) is 3.86. The molecule has 0 heterocycles. The zero-order valence-corrected chi connectivity index (χ0v) is 11.4. The quantitative estimate of drug-likeness (QED) is 0.539. The van der Waals surface area contributed by atoms with E-state index in [2.05, 4.69) is 29.5 Å². The van der Waals surface area contributed by atoms with Crippen LogP contribution >= 0.6 is 0 Å². The summed E-state index contributed by atoms with van der Waals surface area (Å²) in [6, 6.07) is 7.03. The Balaban J connectivity index is 2.60. The molecule has 0 fully saturated rings. The standard InChI is InChI=1S/C13H22N4O/c1-13(2,17(3)4)9-15-12(18)10-5-7-11(16-14)8-6-10/h5-8,16H,9,14H2,1-4H3,(H,15,18). The van der Waals surface area contributed by atoms with Crippen molar-refractivity contribution in [1.82, 2.24) is 10.2 Å². The van der Waals surface area contributed by atoms with Crippen LogP contribution < -0.4 is 16.6 Å². The number of nitrogen functional groups attached to an aromatic ring is 1. The van der Waals surface area contributed by atoms with Crippen molar-refractivity contribution in [3.8, 4) is 0 Å². The van der Waals surface area contributed by atoms with Crippen molar-refractivity contribution >= 4 is 11.6 Å². The number of amides is 1. The Morgan fingerprint density at radius 1 is 1.28 bits per heavy atom. The van der Waals surface area contributed by atoms with Gasteiger partial charge in [-0.2, -0.15) is 0 Å². The molecule has 1 rings (SSSR count). The van der Waals surface area contributed by atoms with E-state index in [1.807, 2.05) is 14.1 Å². The van der Waals surface area contributed by atoms with Crippen LogP contribution in [0.2, 0.25) is 0 Å². The molecule has 0 aliphatic heterocycles. The second-order valence-electron chi connectivity index (χ2n) is 5.11. The maximum Gasteiger partial charge on any atom is 0.251 e. The molecule has 100 valence electrons. The highest BCUT2D eigenvalue weighted by Crippen LogP contribution is 2.10. The van der Waals surface area contributed by atoms with E-state index in [1.54, 1.807) is 24.3 Å². The monoisotopic (exact) mass is 250 g/mol. The van der Waals surface area contributed by atoms with Crippen molar-refractivity contribution in [3.05, 3.63) is 29.8 Å². The summed E-state index contributed by atoms with van der Waals surface area (Å²) in [6.07, 6.45) is 0. The zero-order chi connectivity index (χ0) is 13.8. The highest BCUT2D eigenvalue weighted by atomic mass is 16.1. The number of benzene rings is 1. The van der Waals surface area contributed by atoms with Crippen LogP contribution in [0.5, 0.6) is 0 Å². The summed E-state index contributed by atoms with van der Waals surface area (Å²) < 4.78 is 0. The van der Waals surface area contributed by atoms with Crippen LogP contribution in [-0.4, -0.2) is 37.0 Å². The Bertz CT molecular complexity index is 398.